The van der Waals surface area contributed by atoms with Crippen LogP contribution >= 0.6 is 0 Å². The van der Waals surface area contributed by atoms with Crippen LogP contribution in [0.3, 0.4) is 0 Å². The summed E-state index contributed by atoms with van der Waals surface area (Å²) < 4.78 is 10.1. The molecule has 0 atom stereocenters. The predicted molar refractivity (Wildman–Crippen MR) is 101 cm³/mol. The van der Waals surface area contributed by atoms with Crippen molar-refractivity contribution in [1.29, 1.82) is 0 Å². The number of furan rings is 1. The van der Waals surface area contributed by atoms with Gasteiger partial charge in [0, 0.05) is 16.8 Å². The minimum Gasteiger partial charge on any atom is -0.497 e. The highest BCUT2D eigenvalue weighted by Gasteiger charge is 2.08. The first-order chi connectivity index (χ1) is 13.2. The number of nitrogens with zero attached hydrogens (tertiary/aromatic N) is 1. The molecule has 2 N–H and O–H groups in total. The van der Waals surface area contributed by atoms with Crippen molar-refractivity contribution in [1.82, 2.24) is 5.43 Å². The summed E-state index contributed by atoms with van der Waals surface area (Å²) in [6, 6.07) is 16.7. The van der Waals surface area contributed by atoms with E-state index in [1.54, 1.807) is 67.8 Å². The molecule has 2 aromatic carbocycles. The summed E-state index contributed by atoms with van der Waals surface area (Å²) >= 11 is 0. The molecule has 7 nitrogen and oxygen atoms in total. The molecule has 2 amide bonds. The number of ether oxygens (including phenoxy) is 1. The van der Waals surface area contributed by atoms with Gasteiger partial charge in [0.15, 0.2) is 0 Å². The molecule has 0 aliphatic heterocycles. The van der Waals surface area contributed by atoms with E-state index >= 15 is 0 Å². The van der Waals surface area contributed by atoms with Crippen molar-refractivity contribution < 1.29 is 18.7 Å². The van der Waals surface area contributed by atoms with Crippen molar-refractivity contribution in [3.8, 4) is 5.75 Å². The van der Waals surface area contributed by atoms with E-state index in [-0.39, 0.29) is 11.8 Å². The van der Waals surface area contributed by atoms with Gasteiger partial charge in [-0.2, -0.15) is 5.10 Å². The van der Waals surface area contributed by atoms with E-state index in [0.717, 1.165) is 0 Å². The molecule has 0 radical (unpaired) electrons. The maximum Gasteiger partial charge on any atom is 0.271 e. The molecule has 0 unspecified atom stereocenters. The van der Waals surface area contributed by atoms with Gasteiger partial charge in [0.25, 0.3) is 11.8 Å². The second kappa shape index (κ2) is 8.48. The maximum absolute atomic E-state index is 12.2. The number of benzene rings is 2. The summed E-state index contributed by atoms with van der Waals surface area (Å²) in [7, 11) is 1.56. The Labute approximate surface area is 155 Å². The molecule has 0 aliphatic carbocycles. The van der Waals surface area contributed by atoms with Gasteiger partial charge in [-0.25, -0.2) is 5.43 Å². The molecule has 0 saturated heterocycles. The van der Waals surface area contributed by atoms with E-state index in [2.05, 4.69) is 15.8 Å². The van der Waals surface area contributed by atoms with Crippen LogP contribution in [0.15, 0.2) is 76.4 Å². The smallest absolute Gasteiger partial charge is 0.271 e. The highest BCUT2D eigenvalue weighted by atomic mass is 16.5. The summed E-state index contributed by atoms with van der Waals surface area (Å²) in [6.45, 7) is 0. The zero-order chi connectivity index (χ0) is 19.1. The topological polar surface area (TPSA) is 92.9 Å². The Hall–Kier alpha value is -3.87. The average molecular weight is 363 g/mol. The molecule has 0 aliphatic rings. The van der Waals surface area contributed by atoms with E-state index in [1.165, 1.54) is 12.5 Å². The third-order valence-corrected chi connectivity index (χ3v) is 3.66. The van der Waals surface area contributed by atoms with Gasteiger partial charge in [-0.05, 0) is 60.7 Å². The van der Waals surface area contributed by atoms with E-state index in [0.29, 0.717) is 28.3 Å². The number of carbonyl (C=O) groups excluding carboxylic acids is 2. The van der Waals surface area contributed by atoms with Gasteiger partial charge in [0.2, 0.25) is 0 Å². The Morgan fingerprint density at radius 2 is 1.63 bits per heavy atom. The van der Waals surface area contributed by atoms with Gasteiger partial charge in [-0.1, -0.05) is 0 Å². The lowest BCUT2D eigenvalue weighted by Crippen LogP contribution is -2.17. The Morgan fingerprint density at radius 3 is 2.26 bits per heavy atom. The molecule has 3 aromatic rings. The summed E-state index contributed by atoms with van der Waals surface area (Å²) in [5, 5.41) is 6.59. The zero-order valence-corrected chi connectivity index (χ0v) is 14.5. The summed E-state index contributed by atoms with van der Waals surface area (Å²) in [5.41, 5.74) is 3.90. The van der Waals surface area contributed by atoms with Crippen LogP contribution < -0.4 is 15.5 Å². The molecule has 0 fully saturated rings. The normalized spacial score (nSPS) is 10.6. The Kier molecular flexibility index (Phi) is 5.64. The first-order valence-corrected chi connectivity index (χ1v) is 8.08. The molecular formula is C20H17N3O4. The Morgan fingerprint density at radius 1 is 0.963 bits per heavy atom. The lowest BCUT2D eigenvalue weighted by molar-refractivity contribution is 0.0954. The second-order valence-electron chi connectivity index (χ2n) is 5.47. The van der Waals surface area contributed by atoms with Crippen molar-refractivity contribution in [2.45, 2.75) is 0 Å². The van der Waals surface area contributed by atoms with E-state index < -0.39 is 0 Å². The maximum atomic E-state index is 12.2. The number of hydrazone groups is 1. The summed E-state index contributed by atoms with van der Waals surface area (Å²) in [6.07, 6.45) is 2.92. The van der Waals surface area contributed by atoms with Crippen molar-refractivity contribution in [3.63, 3.8) is 0 Å². The van der Waals surface area contributed by atoms with Gasteiger partial charge in [0.1, 0.15) is 11.5 Å². The van der Waals surface area contributed by atoms with Crippen LogP contribution in [0.5, 0.6) is 5.75 Å². The number of anilines is 1. The average Bonchev–Trinajstić information content (AvgIpc) is 3.22. The van der Waals surface area contributed by atoms with Crippen LogP contribution in [0.1, 0.15) is 26.5 Å². The largest absolute Gasteiger partial charge is 0.497 e. The van der Waals surface area contributed by atoms with Crippen LogP contribution in [0.4, 0.5) is 5.69 Å². The lowest BCUT2D eigenvalue weighted by Gasteiger charge is -2.07. The fourth-order valence-electron chi connectivity index (χ4n) is 2.23. The first-order valence-electron chi connectivity index (χ1n) is 8.08. The summed E-state index contributed by atoms with van der Waals surface area (Å²) in [4.78, 5) is 24.3. The fraction of sp³-hybridized carbons (Fsp3) is 0.0500. The zero-order valence-electron chi connectivity index (χ0n) is 14.5. The summed E-state index contributed by atoms with van der Waals surface area (Å²) in [5.74, 6) is 0.590. The number of hydrogen-bond acceptors (Lipinski definition) is 5. The molecule has 27 heavy (non-hydrogen) atoms. The predicted octanol–water partition coefficient (Wildman–Crippen LogP) is 3.30. The van der Waals surface area contributed by atoms with E-state index in [9.17, 15) is 9.59 Å². The minimum atomic E-state index is -0.370. The van der Waals surface area contributed by atoms with Gasteiger partial charge in [-0.15, -0.1) is 0 Å². The van der Waals surface area contributed by atoms with E-state index in [1.807, 2.05) is 0 Å². The molecule has 0 saturated carbocycles. The highest BCUT2D eigenvalue weighted by Crippen LogP contribution is 2.14. The molecule has 7 heteroatoms. The fourth-order valence-corrected chi connectivity index (χ4v) is 2.23. The Balaban J connectivity index is 1.57. The molecule has 1 aromatic heterocycles. The third-order valence-electron chi connectivity index (χ3n) is 3.66. The van der Waals surface area contributed by atoms with Gasteiger partial charge in [-0.3, -0.25) is 9.59 Å². The minimum absolute atomic E-state index is 0.252. The second-order valence-corrected chi connectivity index (χ2v) is 5.47. The number of methoxy groups -OCH3 is 1. The van der Waals surface area contributed by atoms with Crippen molar-refractivity contribution in [3.05, 3.63) is 83.8 Å². The van der Waals surface area contributed by atoms with E-state index in [4.69, 9.17) is 9.15 Å². The quantitative estimate of drug-likeness (QED) is 0.519. The first kappa shape index (κ1) is 17.9. The number of hydrogen-bond donors (Lipinski definition) is 2. The SMILES string of the molecule is COc1ccc(C(=O)Nc2ccc(C(=O)N/N=C/c3ccco3)cc2)cc1. The molecule has 0 spiro atoms. The van der Waals surface area contributed by atoms with Gasteiger partial charge in [0.05, 0.1) is 19.6 Å². The van der Waals surface area contributed by atoms with Gasteiger partial charge < -0.3 is 14.5 Å². The third kappa shape index (κ3) is 4.82. The van der Waals surface area contributed by atoms with Crippen LogP contribution in [0.2, 0.25) is 0 Å². The number of carbonyl (C=O) groups is 2. The monoisotopic (exact) mass is 363 g/mol. The molecular weight excluding hydrogens is 346 g/mol. The van der Waals surface area contributed by atoms with Crippen LogP contribution in [-0.2, 0) is 0 Å². The van der Waals surface area contributed by atoms with Crippen molar-refractivity contribution >= 4 is 23.7 Å². The molecule has 1 heterocycles. The van der Waals surface area contributed by atoms with Crippen LogP contribution in [0.25, 0.3) is 0 Å². The van der Waals surface area contributed by atoms with Crippen molar-refractivity contribution in [2.24, 2.45) is 5.10 Å². The number of amides is 2. The van der Waals surface area contributed by atoms with Crippen molar-refractivity contribution in [2.75, 3.05) is 12.4 Å². The molecule has 3 rings (SSSR count). The standard InChI is InChI=1S/C20H17N3O4/c1-26-17-10-6-14(7-11-17)19(24)22-16-8-4-15(5-9-16)20(25)23-21-13-18-3-2-12-27-18/h2-13H,1H3,(H,22,24)(H,23,25)/b21-13+. The van der Waals surface area contributed by atoms with Crippen LogP contribution in [-0.4, -0.2) is 25.1 Å². The van der Waals surface area contributed by atoms with Crippen LogP contribution in [0, 0.1) is 0 Å². The number of nitrogens with one attached hydrogen (secondary N) is 2. The van der Waals surface area contributed by atoms with Gasteiger partial charge >= 0.3 is 0 Å². The molecule has 136 valence electrons. The lowest BCUT2D eigenvalue weighted by atomic mass is 10.1. The highest BCUT2D eigenvalue weighted by molar-refractivity contribution is 6.04. The molecule has 0 bridgehead atoms. The number of rotatable bonds is 6. The Bertz CT molecular complexity index is 930.